The third-order valence-corrected chi connectivity index (χ3v) is 9.33. The summed E-state index contributed by atoms with van der Waals surface area (Å²) >= 11 is 0. The molecule has 5 nitrogen and oxygen atoms in total. The summed E-state index contributed by atoms with van der Waals surface area (Å²) < 4.78 is 7.97. The lowest BCUT2D eigenvalue weighted by Gasteiger charge is -2.50. The number of piperidine rings is 1. The highest BCUT2D eigenvalue weighted by Crippen LogP contribution is 2.57. The number of hydrogen-bond donors (Lipinski definition) is 0. The highest BCUT2D eigenvalue weighted by Gasteiger charge is 2.55. The number of carbonyl (C=O) groups is 1. The van der Waals surface area contributed by atoms with Gasteiger partial charge in [0.05, 0.1) is 5.92 Å². The minimum atomic E-state index is -0.0129. The second kappa shape index (κ2) is 7.06. The second-order valence-electron chi connectivity index (χ2n) is 11.3. The van der Waals surface area contributed by atoms with Crippen LogP contribution in [0.15, 0.2) is 35.1 Å². The lowest BCUT2D eigenvalue weighted by Crippen LogP contribution is -2.50. The summed E-state index contributed by atoms with van der Waals surface area (Å²) in [4.78, 5) is 27.8. The molecule has 31 heavy (non-hydrogen) atoms. The zero-order chi connectivity index (χ0) is 21.3. The third-order valence-electron chi connectivity index (χ3n) is 9.33. The lowest BCUT2D eigenvalue weighted by molar-refractivity contribution is -0.146. The monoisotopic (exact) mass is 422 g/mol. The molecule has 0 radical (unpaired) electrons. The average Bonchev–Trinajstić information content (AvgIpc) is 3.01. The van der Waals surface area contributed by atoms with E-state index < -0.39 is 0 Å². The van der Waals surface area contributed by atoms with Crippen LogP contribution in [0.1, 0.15) is 57.1 Å². The van der Waals surface area contributed by atoms with E-state index in [4.69, 9.17) is 4.74 Å². The van der Waals surface area contributed by atoms with E-state index in [2.05, 4.69) is 24.5 Å². The minimum Gasteiger partial charge on any atom is -0.462 e. The number of likely N-dealkylation sites (tertiary alicyclic amines) is 1. The van der Waals surface area contributed by atoms with E-state index in [9.17, 15) is 9.59 Å². The molecule has 2 bridgehead atoms. The van der Waals surface area contributed by atoms with Crippen LogP contribution in [0.4, 0.5) is 0 Å². The number of allylic oxidation sites excluding steroid dienone is 1. The van der Waals surface area contributed by atoms with Crippen LogP contribution in [0.25, 0.3) is 0 Å². The van der Waals surface area contributed by atoms with Gasteiger partial charge in [0.1, 0.15) is 6.10 Å². The summed E-state index contributed by atoms with van der Waals surface area (Å²) in [5.41, 5.74) is 2.96. The largest absolute Gasteiger partial charge is 0.462 e. The molecule has 0 N–H and O–H groups in total. The summed E-state index contributed by atoms with van der Waals surface area (Å²) in [6.07, 6.45) is 6.92. The molecule has 5 aliphatic rings. The Balaban J connectivity index is 1.20. The van der Waals surface area contributed by atoms with Gasteiger partial charge in [0.15, 0.2) is 0 Å². The van der Waals surface area contributed by atoms with Gasteiger partial charge in [0, 0.05) is 49.8 Å². The molecule has 7 atom stereocenters. The number of aromatic nitrogens is 1. The molecular formula is C26H34N2O3. The maximum atomic E-state index is 13.0. The van der Waals surface area contributed by atoms with Crippen molar-refractivity contribution in [1.82, 2.24) is 9.47 Å². The van der Waals surface area contributed by atoms with Crippen molar-refractivity contribution in [2.45, 2.75) is 64.0 Å². The molecule has 3 aliphatic heterocycles. The van der Waals surface area contributed by atoms with E-state index in [0.29, 0.717) is 23.7 Å². The molecule has 2 saturated heterocycles. The third kappa shape index (κ3) is 3.14. The molecule has 0 unspecified atom stereocenters. The predicted octanol–water partition coefficient (Wildman–Crippen LogP) is 3.58. The summed E-state index contributed by atoms with van der Waals surface area (Å²) in [5.74, 6) is 1.77. The van der Waals surface area contributed by atoms with Crippen molar-refractivity contribution < 1.29 is 9.53 Å². The van der Waals surface area contributed by atoms with Gasteiger partial charge in [-0.15, -0.1) is 0 Å². The fraction of sp³-hybridized carbons (Fsp3) is 0.692. The molecule has 0 aromatic carbocycles. The maximum Gasteiger partial charge on any atom is 0.310 e. The van der Waals surface area contributed by atoms with Gasteiger partial charge in [-0.05, 0) is 61.8 Å². The lowest BCUT2D eigenvalue weighted by atomic mass is 9.55. The molecule has 0 amide bonds. The van der Waals surface area contributed by atoms with Crippen LogP contribution in [-0.2, 0) is 16.1 Å². The number of fused-ring (bicyclic) bond motifs is 6. The number of esters is 1. The molecule has 6 rings (SSSR count). The van der Waals surface area contributed by atoms with E-state index in [0.717, 1.165) is 51.9 Å². The van der Waals surface area contributed by atoms with E-state index in [-0.39, 0.29) is 29.0 Å². The van der Waals surface area contributed by atoms with Gasteiger partial charge in [-0.3, -0.25) is 9.59 Å². The highest BCUT2D eigenvalue weighted by atomic mass is 16.6. The smallest absolute Gasteiger partial charge is 0.310 e. The second-order valence-corrected chi connectivity index (χ2v) is 11.3. The number of rotatable bonds is 2. The van der Waals surface area contributed by atoms with Gasteiger partial charge in [-0.2, -0.15) is 0 Å². The topological polar surface area (TPSA) is 51.5 Å². The average molecular weight is 423 g/mol. The first kappa shape index (κ1) is 19.8. The normalized spacial score (nSPS) is 41.8. The fourth-order valence-electron chi connectivity index (χ4n) is 7.89. The highest BCUT2D eigenvalue weighted by molar-refractivity contribution is 5.75. The summed E-state index contributed by atoms with van der Waals surface area (Å²) in [6.45, 7) is 10.3. The number of hydrogen-bond acceptors (Lipinski definition) is 4. The summed E-state index contributed by atoms with van der Waals surface area (Å²) in [5, 5.41) is 0. The predicted molar refractivity (Wildman–Crippen MR) is 119 cm³/mol. The number of pyridine rings is 1. The number of carbonyl (C=O) groups excluding carboxylic acids is 1. The molecule has 4 heterocycles. The quantitative estimate of drug-likeness (QED) is 0.540. The molecule has 2 aliphatic carbocycles. The Bertz CT molecular complexity index is 983. The van der Waals surface area contributed by atoms with Crippen LogP contribution in [0.5, 0.6) is 0 Å². The molecule has 0 spiro atoms. The number of ether oxygens (including phenoxy) is 1. The summed E-state index contributed by atoms with van der Waals surface area (Å²) in [6, 6.07) is 5.68. The minimum absolute atomic E-state index is 0.0129. The SMILES string of the molecule is C=C1CCC[C@]2(C)C[C@H]3OC(=O)[C@H](CN4C[C@H]5C[C@@H](C4)c4cccc(=O)n4C5)[C@H]3C[C@@H]12. The van der Waals surface area contributed by atoms with Crippen molar-refractivity contribution in [3.63, 3.8) is 0 Å². The van der Waals surface area contributed by atoms with Crippen molar-refractivity contribution >= 4 is 5.97 Å². The molecule has 1 aromatic rings. The van der Waals surface area contributed by atoms with Gasteiger partial charge < -0.3 is 14.2 Å². The Morgan fingerprint density at radius 2 is 2.06 bits per heavy atom. The van der Waals surface area contributed by atoms with Crippen LogP contribution in [-0.4, -0.2) is 41.2 Å². The first-order chi connectivity index (χ1) is 14.9. The van der Waals surface area contributed by atoms with Crippen LogP contribution >= 0.6 is 0 Å². The molecule has 4 fully saturated rings. The Hall–Kier alpha value is -1.88. The maximum absolute atomic E-state index is 13.0. The van der Waals surface area contributed by atoms with E-state index in [1.807, 2.05) is 10.6 Å². The van der Waals surface area contributed by atoms with Crippen molar-refractivity contribution in [1.29, 1.82) is 0 Å². The molecule has 5 heteroatoms. The molecule has 1 aromatic heterocycles. The van der Waals surface area contributed by atoms with Crippen LogP contribution in [0, 0.1) is 29.1 Å². The Morgan fingerprint density at radius 3 is 2.94 bits per heavy atom. The Labute approximate surface area is 184 Å². The van der Waals surface area contributed by atoms with Gasteiger partial charge in [0.25, 0.3) is 5.56 Å². The van der Waals surface area contributed by atoms with Crippen LogP contribution in [0.3, 0.4) is 0 Å². The van der Waals surface area contributed by atoms with Gasteiger partial charge in [-0.25, -0.2) is 0 Å². The Kier molecular flexibility index (Phi) is 4.51. The Morgan fingerprint density at radius 1 is 1.19 bits per heavy atom. The fourth-order valence-corrected chi connectivity index (χ4v) is 7.89. The van der Waals surface area contributed by atoms with Gasteiger partial charge in [0.2, 0.25) is 0 Å². The molecule has 2 saturated carbocycles. The van der Waals surface area contributed by atoms with Crippen molar-refractivity contribution in [3.05, 3.63) is 46.4 Å². The number of nitrogens with zero attached hydrogens (tertiary/aromatic N) is 2. The van der Waals surface area contributed by atoms with E-state index in [1.165, 1.54) is 24.1 Å². The van der Waals surface area contributed by atoms with Gasteiger partial charge >= 0.3 is 5.97 Å². The molecular weight excluding hydrogens is 388 g/mol. The van der Waals surface area contributed by atoms with Gasteiger partial charge in [-0.1, -0.05) is 25.1 Å². The zero-order valence-corrected chi connectivity index (χ0v) is 18.6. The standard InChI is InChI=1S/C26H34N2O3/c1-16-5-4-8-26(2)11-23-19(10-21(16)26)20(25(30)31-23)15-27-12-17-9-18(14-27)22-6-3-7-24(29)28(22)13-17/h3,6-7,17-21,23H,1,4-5,8-15H2,2H3/t17-,18+,19-,20-,21+,23-,26-/m1/s1. The van der Waals surface area contributed by atoms with Crippen molar-refractivity contribution in [2.24, 2.45) is 29.1 Å². The van der Waals surface area contributed by atoms with Crippen molar-refractivity contribution in [2.75, 3.05) is 19.6 Å². The first-order valence-electron chi connectivity index (χ1n) is 12.2. The van der Waals surface area contributed by atoms with E-state index in [1.54, 1.807) is 6.07 Å². The van der Waals surface area contributed by atoms with E-state index >= 15 is 0 Å². The van der Waals surface area contributed by atoms with Crippen LogP contribution in [0.2, 0.25) is 0 Å². The summed E-state index contributed by atoms with van der Waals surface area (Å²) in [7, 11) is 0. The van der Waals surface area contributed by atoms with Crippen LogP contribution < -0.4 is 5.56 Å². The van der Waals surface area contributed by atoms with Crippen molar-refractivity contribution in [3.8, 4) is 0 Å². The molecule has 166 valence electrons. The first-order valence-corrected chi connectivity index (χ1v) is 12.2. The zero-order valence-electron chi connectivity index (χ0n) is 18.6.